The van der Waals surface area contributed by atoms with Crippen LogP contribution in [-0.4, -0.2) is 41.9 Å². The van der Waals surface area contributed by atoms with E-state index < -0.39 is 6.10 Å². The van der Waals surface area contributed by atoms with Crippen molar-refractivity contribution in [1.82, 2.24) is 9.88 Å². The Hall–Kier alpha value is -1.63. The second-order valence-electron chi connectivity index (χ2n) is 5.60. The lowest BCUT2D eigenvalue weighted by atomic mass is 10.2. The van der Waals surface area contributed by atoms with Crippen LogP contribution in [0.2, 0.25) is 0 Å². The topological polar surface area (TPSA) is 63.5 Å². The first-order valence-electron chi connectivity index (χ1n) is 7.67. The van der Waals surface area contributed by atoms with Gasteiger partial charge in [-0.15, -0.1) is 11.3 Å². The Morgan fingerprint density at radius 2 is 2.26 bits per heavy atom. The van der Waals surface area contributed by atoms with Gasteiger partial charge in [-0.1, -0.05) is 6.07 Å². The molecule has 2 heterocycles. The zero-order valence-electron chi connectivity index (χ0n) is 13.8. The molecule has 1 unspecified atom stereocenters. The van der Waals surface area contributed by atoms with Gasteiger partial charge in [-0.25, -0.2) is 0 Å². The van der Waals surface area contributed by atoms with E-state index in [4.69, 9.17) is 4.74 Å². The van der Waals surface area contributed by atoms with Crippen LogP contribution in [0, 0.1) is 13.8 Å². The minimum atomic E-state index is -0.549. The number of amides is 1. The molecular weight excluding hydrogens is 312 g/mol. The standard InChI is InChI=1S/C17H24N2O3S/c1-12-9-16(17(21)18-7-6-14(20)11-22-3)13(2)19(12)10-15-5-4-8-23-15/h4-5,8-9,14,20H,6-7,10-11H2,1-3H3,(H,18,21). The average molecular weight is 336 g/mol. The molecule has 0 fully saturated rings. The van der Waals surface area contributed by atoms with Gasteiger partial charge in [0.05, 0.1) is 24.8 Å². The molecule has 0 saturated heterocycles. The first-order chi connectivity index (χ1) is 11.0. The number of methoxy groups -OCH3 is 1. The van der Waals surface area contributed by atoms with Crippen molar-refractivity contribution in [2.24, 2.45) is 0 Å². The maximum absolute atomic E-state index is 12.3. The van der Waals surface area contributed by atoms with E-state index in [1.807, 2.05) is 26.0 Å². The summed E-state index contributed by atoms with van der Waals surface area (Å²) in [6.45, 7) is 5.48. The molecule has 0 bridgehead atoms. The number of hydrogen-bond acceptors (Lipinski definition) is 4. The van der Waals surface area contributed by atoms with Crippen molar-refractivity contribution < 1.29 is 14.6 Å². The van der Waals surface area contributed by atoms with Crippen LogP contribution in [0.5, 0.6) is 0 Å². The molecule has 5 nitrogen and oxygen atoms in total. The molecule has 2 rings (SSSR count). The van der Waals surface area contributed by atoms with E-state index >= 15 is 0 Å². The number of aryl methyl sites for hydroxylation is 1. The van der Waals surface area contributed by atoms with Gasteiger partial charge in [0.15, 0.2) is 0 Å². The fourth-order valence-corrected chi connectivity index (χ4v) is 3.25. The number of aliphatic hydroxyl groups is 1. The summed E-state index contributed by atoms with van der Waals surface area (Å²) in [5, 5.41) is 14.5. The molecule has 126 valence electrons. The van der Waals surface area contributed by atoms with Crippen molar-refractivity contribution in [2.45, 2.75) is 32.9 Å². The summed E-state index contributed by atoms with van der Waals surface area (Å²) in [6.07, 6.45) is -0.0698. The lowest BCUT2D eigenvalue weighted by molar-refractivity contribution is 0.0587. The Balaban J connectivity index is 1.98. The monoisotopic (exact) mass is 336 g/mol. The summed E-state index contributed by atoms with van der Waals surface area (Å²) in [5.41, 5.74) is 2.73. The molecule has 0 aliphatic rings. The first-order valence-corrected chi connectivity index (χ1v) is 8.55. The zero-order chi connectivity index (χ0) is 16.8. The van der Waals surface area contributed by atoms with Crippen LogP contribution in [0.15, 0.2) is 23.6 Å². The molecule has 0 spiro atoms. The van der Waals surface area contributed by atoms with Crippen LogP contribution in [0.1, 0.15) is 33.0 Å². The van der Waals surface area contributed by atoms with Crippen LogP contribution in [-0.2, 0) is 11.3 Å². The van der Waals surface area contributed by atoms with E-state index in [1.54, 1.807) is 18.4 Å². The molecule has 0 saturated carbocycles. The molecule has 0 aromatic carbocycles. The third-order valence-electron chi connectivity index (χ3n) is 3.83. The normalized spacial score (nSPS) is 12.3. The van der Waals surface area contributed by atoms with E-state index in [0.29, 0.717) is 18.5 Å². The highest BCUT2D eigenvalue weighted by Crippen LogP contribution is 2.19. The molecule has 2 aromatic heterocycles. The molecule has 23 heavy (non-hydrogen) atoms. The largest absolute Gasteiger partial charge is 0.391 e. The highest BCUT2D eigenvalue weighted by atomic mass is 32.1. The lowest BCUT2D eigenvalue weighted by Gasteiger charge is -2.11. The van der Waals surface area contributed by atoms with Gasteiger partial charge in [-0.3, -0.25) is 4.79 Å². The number of rotatable bonds is 8. The Morgan fingerprint density at radius 1 is 1.48 bits per heavy atom. The van der Waals surface area contributed by atoms with Gasteiger partial charge in [0.2, 0.25) is 0 Å². The van der Waals surface area contributed by atoms with E-state index in [1.165, 1.54) is 4.88 Å². The molecule has 2 N–H and O–H groups in total. The first kappa shape index (κ1) is 17.7. The molecule has 1 amide bonds. The highest BCUT2D eigenvalue weighted by molar-refractivity contribution is 7.09. The number of ether oxygens (including phenoxy) is 1. The van der Waals surface area contributed by atoms with Gasteiger partial charge < -0.3 is 19.7 Å². The third-order valence-corrected chi connectivity index (χ3v) is 4.70. The number of nitrogens with zero attached hydrogens (tertiary/aromatic N) is 1. The predicted molar refractivity (Wildman–Crippen MR) is 92.2 cm³/mol. The maximum atomic E-state index is 12.3. The number of aromatic nitrogens is 1. The number of hydrogen-bond donors (Lipinski definition) is 2. The second kappa shape index (κ2) is 8.29. The van der Waals surface area contributed by atoms with Crippen LogP contribution >= 0.6 is 11.3 Å². The van der Waals surface area contributed by atoms with Gasteiger partial charge in [0.1, 0.15) is 0 Å². The van der Waals surface area contributed by atoms with E-state index in [9.17, 15) is 9.90 Å². The van der Waals surface area contributed by atoms with Gasteiger partial charge in [-0.2, -0.15) is 0 Å². The number of carbonyl (C=O) groups excluding carboxylic acids is 1. The molecule has 0 aliphatic carbocycles. The van der Waals surface area contributed by atoms with Crippen LogP contribution in [0.3, 0.4) is 0 Å². The maximum Gasteiger partial charge on any atom is 0.253 e. The summed E-state index contributed by atoms with van der Waals surface area (Å²) in [6, 6.07) is 6.05. The Morgan fingerprint density at radius 3 is 2.91 bits per heavy atom. The molecule has 0 aliphatic heterocycles. The summed E-state index contributed by atoms with van der Waals surface area (Å²) in [4.78, 5) is 13.6. The fraction of sp³-hybridized carbons (Fsp3) is 0.471. The fourth-order valence-electron chi connectivity index (χ4n) is 2.56. The number of thiophene rings is 1. The van der Waals surface area contributed by atoms with Gasteiger partial charge in [0.25, 0.3) is 5.91 Å². The zero-order valence-corrected chi connectivity index (χ0v) is 14.7. The van der Waals surface area contributed by atoms with Crippen LogP contribution in [0.4, 0.5) is 0 Å². The number of carbonyl (C=O) groups is 1. The Labute approximate surface area is 140 Å². The summed E-state index contributed by atoms with van der Waals surface area (Å²) in [7, 11) is 1.55. The third kappa shape index (κ3) is 4.67. The highest BCUT2D eigenvalue weighted by Gasteiger charge is 2.16. The molecule has 0 radical (unpaired) electrons. The minimum absolute atomic E-state index is 0.0971. The van der Waals surface area contributed by atoms with Crippen molar-refractivity contribution >= 4 is 17.2 Å². The SMILES string of the molecule is COCC(O)CCNC(=O)c1cc(C)n(Cc2cccs2)c1C. The average Bonchev–Trinajstić information content (AvgIpc) is 3.11. The van der Waals surface area contributed by atoms with Crippen LogP contribution < -0.4 is 5.32 Å². The van der Waals surface area contributed by atoms with Crippen molar-refractivity contribution in [2.75, 3.05) is 20.3 Å². The summed E-state index contributed by atoms with van der Waals surface area (Å²) in [5.74, 6) is -0.0971. The summed E-state index contributed by atoms with van der Waals surface area (Å²) >= 11 is 1.71. The van der Waals surface area contributed by atoms with Gasteiger partial charge in [0, 0.05) is 29.9 Å². The Kier molecular flexibility index (Phi) is 6.38. The van der Waals surface area contributed by atoms with Crippen molar-refractivity contribution in [3.8, 4) is 0 Å². The van der Waals surface area contributed by atoms with Gasteiger partial charge >= 0.3 is 0 Å². The number of nitrogens with one attached hydrogen (secondary N) is 1. The number of aliphatic hydroxyl groups excluding tert-OH is 1. The molecule has 6 heteroatoms. The van der Waals surface area contributed by atoms with E-state index in [2.05, 4.69) is 21.3 Å². The molecule has 2 aromatic rings. The minimum Gasteiger partial charge on any atom is -0.391 e. The predicted octanol–water partition coefficient (Wildman–Crippen LogP) is 2.34. The van der Waals surface area contributed by atoms with Gasteiger partial charge in [-0.05, 0) is 37.8 Å². The smallest absolute Gasteiger partial charge is 0.253 e. The second-order valence-corrected chi connectivity index (χ2v) is 6.64. The lowest BCUT2D eigenvalue weighted by Crippen LogP contribution is -2.28. The molecular formula is C17H24N2O3S. The van der Waals surface area contributed by atoms with E-state index in [0.717, 1.165) is 17.9 Å². The van der Waals surface area contributed by atoms with E-state index in [-0.39, 0.29) is 12.5 Å². The van der Waals surface area contributed by atoms with Crippen molar-refractivity contribution in [3.63, 3.8) is 0 Å². The van der Waals surface area contributed by atoms with Crippen molar-refractivity contribution in [3.05, 3.63) is 45.4 Å². The Bertz CT molecular complexity index is 635. The molecule has 1 atom stereocenters. The summed E-state index contributed by atoms with van der Waals surface area (Å²) < 4.78 is 7.02. The quantitative estimate of drug-likeness (QED) is 0.778. The van der Waals surface area contributed by atoms with Crippen molar-refractivity contribution in [1.29, 1.82) is 0 Å². The van der Waals surface area contributed by atoms with Crippen LogP contribution in [0.25, 0.3) is 0 Å².